The van der Waals surface area contributed by atoms with E-state index in [0.717, 1.165) is 35.7 Å². The van der Waals surface area contributed by atoms with Crippen LogP contribution in [0.1, 0.15) is 49.3 Å². The number of piperidine rings is 1. The summed E-state index contributed by atoms with van der Waals surface area (Å²) < 4.78 is 31.5. The molecule has 0 aromatic carbocycles. The average Bonchev–Trinajstić information content (AvgIpc) is 3.44. The second-order valence-corrected chi connectivity index (χ2v) is 11.8. The van der Waals surface area contributed by atoms with Crippen LogP contribution in [0.4, 0.5) is 5.95 Å². The highest BCUT2D eigenvalue weighted by molar-refractivity contribution is 7.89. The molecule has 0 bridgehead atoms. The molecule has 0 unspecified atom stereocenters. The highest BCUT2D eigenvalue weighted by Crippen LogP contribution is 2.43. The minimum absolute atomic E-state index is 0.0892. The largest absolute Gasteiger partial charge is 0.351 e. The van der Waals surface area contributed by atoms with E-state index >= 15 is 0 Å². The number of sulfonamides is 1. The Labute approximate surface area is 199 Å². The van der Waals surface area contributed by atoms with Crippen molar-refractivity contribution in [3.63, 3.8) is 0 Å². The van der Waals surface area contributed by atoms with Gasteiger partial charge >= 0.3 is 0 Å². The molecular weight excluding hydrogens is 452 g/mol. The normalized spacial score (nSPS) is 22.9. The summed E-state index contributed by atoms with van der Waals surface area (Å²) >= 11 is 0. The van der Waals surface area contributed by atoms with Crippen LogP contribution < -0.4 is 5.32 Å². The molecule has 180 valence electrons. The zero-order valence-corrected chi connectivity index (χ0v) is 20.6. The summed E-state index contributed by atoms with van der Waals surface area (Å²) in [6.07, 6.45) is 9.92. The third-order valence-corrected chi connectivity index (χ3v) is 9.01. The van der Waals surface area contributed by atoms with Gasteiger partial charge in [0.05, 0.1) is 23.4 Å². The summed E-state index contributed by atoms with van der Waals surface area (Å²) in [4.78, 5) is 18.5. The van der Waals surface area contributed by atoms with Crippen molar-refractivity contribution in [3.05, 3.63) is 35.8 Å². The van der Waals surface area contributed by atoms with Gasteiger partial charge in [0, 0.05) is 44.6 Å². The maximum atomic E-state index is 13.0. The molecule has 4 heterocycles. The Morgan fingerprint density at radius 2 is 1.94 bits per heavy atom. The Hall–Kier alpha value is -2.79. The molecule has 0 spiro atoms. The number of hydrogen-bond donors (Lipinski definition) is 1. The first-order valence-corrected chi connectivity index (χ1v) is 13.4. The van der Waals surface area contributed by atoms with Crippen molar-refractivity contribution in [2.75, 3.05) is 18.4 Å². The molecule has 11 heteroatoms. The Bertz CT molecular complexity index is 1360. The summed E-state index contributed by atoms with van der Waals surface area (Å²) in [6.45, 7) is 5.02. The molecule has 3 aromatic heterocycles. The predicted molar refractivity (Wildman–Crippen MR) is 127 cm³/mol. The molecule has 3 aliphatic rings. The van der Waals surface area contributed by atoms with Gasteiger partial charge in [-0.1, -0.05) is 6.92 Å². The number of fused-ring (bicyclic) bond motifs is 3. The van der Waals surface area contributed by atoms with Gasteiger partial charge in [-0.3, -0.25) is 0 Å². The van der Waals surface area contributed by atoms with Crippen molar-refractivity contribution in [2.45, 2.75) is 63.1 Å². The second-order valence-electron chi connectivity index (χ2n) is 9.88. The van der Waals surface area contributed by atoms with Crippen LogP contribution in [0.25, 0.3) is 11.4 Å². The highest BCUT2D eigenvalue weighted by Gasteiger charge is 2.36. The van der Waals surface area contributed by atoms with Crippen molar-refractivity contribution in [1.82, 2.24) is 33.4 Å². The van der Waals surface area contributed by atoms with Crippen LogP contribution in [-0.2, 0) is 29.9 Å². The van der Waals surface area contributed by atoms with Crippen molar-refractivity contribution >= 4 is 16.0 Å². The van der Waals surface area contributed by atoms with E-state index < -0.39 is 10.0 Å². The van der Waals surface area contributed by atoms with Gasteiger partial charge < -0.3 is 14.5 Å². The van der Waals surface area contributed by atoms with Gasteiger partial charge in [0.2, 0.25) is 5.95 Å². The molecule has 0 radical (unpaired) electrons. The number of imidazole rings is 2. The summed E-state index contributed by atoms with van der Waals surface area (Å²) in [5, 5.41) is 3.61. The first-order valence-electron chi connectivity index (χ1n) is 12.0. The molecule has 2 atom stereocenters. The number of rotatable bonds is 5. The summed E-state index contributed by atoms with van der Waals surface area (Å²) in [6, 6.07) is 0.630. The number of aromatic nitrogens is 6. The summed E-state index contributed by atoms with van der Waals surface area (Å²) in [7, 11) is -1.82. The number of aryl methyl sites for hydroxylation is 4. The Balaban J connectivity index is 1.21. The Kier molecular flexibility index (Phi) is 5.03. The molecule has 34 heavy (non-hydrogen) atoms. The van der Waals surface area contributed by atoms with E-state index in [0.29, 0.717) is 31.5 Å². The fourth-order valence-corrected chi connectivity index (χ4v) is 6.81. The summed E-state index contributed by atoms with van der Waals surface area (Å²) in [5.41, 5.74) is 4.47. The molecule has 1 saturated heterocycles. The first kappa shape index (κ1) is 21.7. The van der Waals surface area contributed by atoms with E-state index in [1.165, 1.54) is 29.0 Å². The van der Waals surface area contributed by atoms with Crippen LogP contribution in [0.5, 0.6) is 0 Å². The van der Waals surface area contributed by atoms with Gasteiger partial charge in [-0.05, 0) is 50.5 Å². The Morgan fingerprint density at radius 1 is 1.12 bits per heavy atom. The van der Waals surface area contributed by atoms with Gasteiger partial charge in [-0.2, -0.15) is 4.31 Å². The van der Waals surface area contributed by atoms with E-state index in [2.05, 4.69) is 33.7 Å². The van der Waals surface area contributed by atoms with Crippen LogP contribution >= 0.6 is 0 Å². The maximum Gasteiger partial charge on any atom is 0.262 e. The standard InChI is InChI=1S/C23H30N8O2S/c1-14-11-30(34(32,33)20-12-29(3)13-25-20)9-8-18(14)27-23-24-10-16-4-7-19-22(21(16)28-23)31(15(2)26-19)17-5-6-17/h10,12-14,17-18H,4-9,11H2,1-3H3,(H,24,27,28)/t14-,18+/m1/s1. The smallest absolute Gasteiger partial charge is 0.262 e. The number of anilines is 1. The lowest BCUT2D eigenvalue weighted by Crippen LogP contribution is -2.47. The summed E-state index contributed by atoms with van der Waals surface area (Å²) in [5.74, 6) is 1.77. The molecule has 1 N–H and O–H groups in total. The third kappa shape index (κ3) is 3.61. The van der Waals surface area contributed by atoms with Gasteiger partial charge in [0.1, 0.15) is 5.82 Å². The first-order chi connectivity index (χ1) is 16.3. The SMILES string of the molecule is Cc1nc2c(n1C1CC1)-c1nc(N[C@H]3CCN(S(=O)(=O)c4cn(C)cn4)C[C@H]3C)ncc1CC2. The molecule has 1 saturated carbocycles. The average molecular weight is 483 g/mol. The molecule has 10 nitrogen and oxygen atoms in total. The lowest BCUT2D eigenvalue weighted by atomic mass is 9.95. The van der Waals surface area contributed by atoms with E-state index in [1.807, 2.05) is 6.20 Å². The molecule has 3 aromatic rings. The van der Waals surface area contributed by atoms with Crippen LogP contribution in [0, 0.1) is 12.8 Å². The number of hydrogen-bond acceptors (Lipinski definition) is 7. The van der Waals surface area contributed by atoms with E-state index in [1.54, 1.807) is 17.8 Å². The van der Waals surface area contributed by atoms with Crippen molar-refractivity contribution < 1.29 is 8.42 Å². The van der Waals surface area contributed by atoms with Gasteiger partial charge in [0.25, 0.3) is 10.0 Å². The molecular formula is C23H30N8O2S. The fourth-order valence-electron chi connectivity index (χ4n) is 5.29. The van der Waals surface area contributed by atoms with E-state index in [9.17, 15) is 8.42 Å². The number of nitrogens with one attached hydrogen (secondary N) is 1. The zero-order valence-electron chi connectivity index (χ0n) is 19.8. The van der Waals surface area contributed by atoms with Crippen LogP contribution in [0.3, 0.4) is 0 Å². The predicted octanol–water partition coefficient (Wildman–Crippen LogP) is 2.33. The van der Waals surface area contributed by atoms with E-state index in [-0.39, 0.29) is 17.0 Å². The van der Waals surface area contributed by atoms with Crippen LogP contribution in [-0.4, -0.2) is 60.9 Å². The van der Waals surface area contributed by atoms with Crippen LogP contribution in [0.15, 0.2) is 23.7 Å². The lowest BCUT2D eigenvalue weighted by Gasteiger charge is -2.36. The lowest BCUT2D eigenvalue weighted by molar-refractivity contribution is 0.260. The van der Waals surface area contributed by atoms with Gasteiger partial charge in [0.15, 0.2) is 5.03 Å². The Morgan fingerprint density at radius 3 is 2.65 bits per heavy atom. The molecule has 1 aliphatic heterocycles. The topological polar surface area (TPSA) is 111 Å². The van der Waals surface area contributed by atoms with Gasteiger partial charge in [-0.15, -0.1) is 0 Å². The fraction of sp³-hybridized carbons (Fsp3) is 0.565. The minimum atomic E-state index is -3.59. The van der Waals surface area contributed by atoms with E-state index in [4.69, 9.17) is 9.97 Å². The van der Waals surface area contributed by atoms with Crippen LogP contribution in [0.2, 0.25) is 0 Å². The zero-order chi connectivity index (χ0) is 23.6. The van der Waals surface area contributed by atoms with Gasteiger partial charge in [-0.25, -0.2) is 28.4 Å². The van der Waals surface area contributed by atoms with Crippen molar-refractivity contribution in [2.24, 2.45) is 13.0 Å². The molecule has 6 rings (SSSR count). The minimum Gasteiger partial charge on any atom is -0.351 e. The molecule has 2 fully saturated rings. The second kappa shape index (κ2) is 7.88. The monoisotopic (exact) mass is 482 g/mol. The van der Waals surface area contributed by atoms with Crippen molar-refractivity contribution in [1.29, 1.82) is 0 Å². The van der Waals surface area contributed by atoms with Crippen molar-refractivity contribution in [3.8, 4) is 11.4 Å². The maximum absolute atomic E-state index is 13.0. The quantitative estimate of drug-likeness (QED) is 0.594. The third-order valence-electron chi connectivity index (χ3n) is 7.26. The highest BCUT2D eigenvalue weighted by atomic mass is 32.2. The molecule has 2 aliphatic carbocycles. The number of nitrogens with zero attached hydrogens (tertiary/aromatic N) is 7. The molecule has 0 amide bonds.